The molecule has 0 spiro atoms. The molecular weight excluding hydrogens is 436 g/mol. The van der Waals surface area contributed by atoms with Gasteiger partial charge in [0.15, 0.2) is 5.78 Å². The Morgan fingerprint density at radius 2 is 1.41 bits per heavy atom. The summed E-state index contributed by atoms with van der Waals surface area (Å²) in [6.45, 7) is 0. The van der Waals surface area contributed by atoms with E-state index in [9.17, 15) is 14.7 Å². The number of allylic oxidation sites excluding steroid dienone is 1. The molecule has 0 aliphatic carbocycles. The fourth-order valence-electron chi connectivity index (χ4n) is 2.89. The minimum Gasteiger partial charge on any atom is -0.507 e. The topological polar surface area (TPSA) is 102 Å². The molecule has 0 amide bonds. The van der Waals surface area contributed by atoms with Crippen molar-refractivity contribution in [2.24, 2.45) is 0 Å². The second kappa shape index (κ2) is 13.1. The van der Waals surface area contributed by atoms with Gasteiger partial charge in [0.05, 0.1) is 21.3 Å². The maximum absolute atomic E-state index is 12.3. The number of rotatable bonds is 8. The molecule has 0 aromatic heterocycles. The fourth-order valence-corrected chi connectivity index (χ4v) is 2.89. The van der Waals surface area contributed by atoms with Crippen LogP contribution in [0.25, 0.3) is 12.2 Å². The zero-order chi connectivity index (χ0) is 24.9. The lowest BCUT2D eigenvalue weighted by molar-refractivity contribution is -0.131. The van der Waals surface area contributed by atoms with E-state index in [4.69, 9.17) is 19.3 Å². The molecule has 34 heavy (non-hydrogen) atoms. The highest BCUT2D eigenvalue weighted by atomic mass is 16.5. The number of phenolic OH excluding ortho intramolecular Hbond substituents is 1. The number of methoxy groups -OCH3 is 3. The Morgan fingerprint density at radius 3 is 2.03 bits per heavy atom. The summed E-state index contributed by atoms with van der Waals surface area (Å²) in [6.07, 6.45) is 5.67. The van der Waals surface area contributed by atoms with Crippen LogP contribution in [0.5, 0.6) is 23.0 Å². The van der Waals surface area contributed by atoms with E-state index in [1.165, 1.54) is 32.4 Å². The number of carboxylic acids is 1. The highest BCUT2D eigenvalue weighted by Crippen LogP contribution is 2.33. The van der Waals surface area contributed by atoms with Crippen LogP contribution in [-0.4, -0.2) is 43.3 Å². The number of hydrogen-bond donors (Lipinski definition) is 2. The van der Waals surface area contributed by atoms with Crippen molar-refractivity contribution < 1.29 is 34.0 Å². The lowest BCUT2D eigenvalue weighted by atomic mass is 10.1. The van der Waals surface area contributed by atoms with Gasteiger partial charge in [0.25, 0.3) is 0 Å². The lowest BCUT2D eigenvalue weighted by Crippen LogP contribution is -2.00. The summed E-state index contributed by atoms with van der Waals surface area (Å²) in [5.41, 5.74) is 1.77. The van der Waals surface area contributed by atoms with Gasteiger partial charge < -0.3 is 24.4 Å². The van der Waals surface area contributed by atoms with Crippen molar-refractivity contribution in [3.63, 3.8) is 0 Å². The van der Waals surface area contributed by atoms with Gasteiger partial charge in [-0.3, -0.25) is 4.79 Å². The van der Waals surface area contributed by atoms with Crippen LogP contribution in [-0.2, 0) is 4.79 Å². The lowest BCUT2D eigenvalue weighted by Gasteiger charge is -2.10. The van der Waals surface area contributed by atoms with Crippen LogP contribution in [0, 0.1) is 0 Å². The van der Waals surface area contributed by atoms with E-state index in [0.717, 1.165) is 17.2 Å². The van der Waals surface area contributed by atoms with Gasteiger partial charge in [-0.15, -0.1) is 0 Å². The number of carbonyl (C=O) groups excluding carboxylic acids is 1. The molecule has 3 aromatic rings. The Bertz CT molecular complexity index is 1160. The monoisotopic (exact) mass is 462 g/mol. The van der Waals surface area contributed by atoms with Crippen LogP contribution in [0.2, 0.25) is 0 Å². The molecule has 0 bridgehead atoms. The molecule has 0 unspecified atom stereocenters. The van der Waals surface area contributed by atoms with Gasteiger partial charge in [-0.1, -0.05) is 54.6 Å². The maximum Gasteiger partial charge on any atom is 0.328 e. The summed E-state index contributed by atoms with van der Waals surface area (Å²) < 4.78 is 15.2. The largest absolute Gasteiger partial charge is 0.507 e. The van der Waals surface area contributed by atoms with Crippen molar-refractivity contribution in [3.05, 3.63) is 95.6 Å². The third-order valence-electron chi connectivity index (χ3n) is 4.53. The van der Waals surface area contributed by atoms with Crippen LogP contribution in [0.4, 0.5) is 0 Å². The van der Waals surface area contributed by atoms with Crippen LogP contribution in [0.1, 0.15) is 21.5 Å². The van der Waals surface area contributed by atoms with E-state index in [2.05, 4.69) is 0 Å². The van der Waals surface area contributed by atoms with E-state index >= 15 is 0 Å². The number of ether oxygens (including phenoxy) is 3. The predicted molar refractivity (Wildman–Crippen MR) is 131 cm³/mol. The van der Waals surface area contributed by atoms with E-state index in [1.807, 2.05) is 42.5 Å². The number of ketones is 1. The molecule has 0 radical (unpaired) electrons. The normalized spacial score (nSPS) is 10.4. The molecule has 3 rings (SSSR count). The van der Waals surface area contributed by atoms with E-state index in [1.54, 1.807) is 31.4 Å². The molecule has 0 aliphatic rings. The number of para-hydroxylation sites is 1. The van der Waals surface area contributed by atoms with Crippen LogP contribution in [0.3, 0.4) is 0 Å². The summed E-state index contributed by atoms with van der Waals surface area (Å²) in [6, 6.07) is 19.6. The first-order valence-electron chi connectivity index (χ1n) is 10.2. The third kappa shape index (κ3) is 7.56. The minimum absolute atomic E-state index is 0.116. The Balaban J connectivity index is 0.000000270. The number of carboxylic acid groups (broad SMARTS) is 1. The molecular formula is C27H26O7. The Morgan fingerprint density at radius 1 is 0.765 bits per heavy atom. The van der Waals surface area contributed by atoms with Gasteiger partial charge in [0, 0.05) is 23.8 Å². The summed E-state index contributed by atoms with van der Waals surface area (Å²) in [7, 11) is 4.46. The third-order valence-corrected chi connectivity index (χ3v) is 4.53. The molecule has 0 fully saturated rings. The molecule has 0 saturated heterocycles. The first-order valence-corrected chi connectivity index (χ1v) is 10.2. The molecule has 176 valence electrons. The average molecular weight is 462 g/mol. The maximum atomic E-state index is 12.3. The number of aromatic hydroxyl groups is 1. The van der Waals surface area contributed by atoms with Gasteiger partial charge >= 0.3 is 5.97 Å². The highest BCUT2D eigenvalue weighted by Gasteiger charge is 2.17. The summed E-state index contributed by atoms with van der Waals surface area (Å²) in [4.78, 5) is 22.5. The zero-order valence-electron chi connectivity index (χ0n) is 19.1. The second-order valence-electron chi connectivity index (χ2n) is 6.75. The van der Waals surface area contributed by atoms with Crippen molar-refractivity contribution in [2.75, 3.05) is 21.3 Å². The minimum atomic E-state index is -0.967. The molecule has 0 atom stereocenters. The van der Waals surface area contributed by atoms with Crippen LogP contribution >= 0.6 is 0 Å². The van der Waals surface area contributed by atoms with Gasteiger partial charge in [0.2, 0.25) is 0 Å². The number of hydrogen-bond acceptors (Lipinski definition) is 6. The first-order chi connectivity index (χ1) is 16.4. The molecule has 0 aliphatic heterocycles. The molecule has 7 heteroatoms. The molecule has 2 N–H and O–H groups in total. The van der Waals surface area contributed by atoms with E-state index in [0.29, 0.717) is 11.5 Å². The van der Waals surface area contributed by atoms with E-state index < -0.39 is 5.97 Å². The number of carbonyl (C=O) groups is 2. The van der Waals surface area contributed by atoms with Gasteiger partial charge in [-0.05, 0) is 23.8 Å². The number of phenols is 1. The highest BCUT2D eigenvalue weighted by molar-refractivity contribution is 6.10. The fraction of sp³-hybridized carbons (Fsp3) is 0.111. The van der Waals surface area contributed by atoms with Crippen molar-refractivity contribution in [2.45, 2.75) is 0 Å². The second-order valence-corrected chi connectivity index (χ2v) is 6.75. The standard InChI is InChI=1S/C17H16O4.C10H10O3/c1-20-13-10-15(19)17(16(11-13)21-2)14(18)9-8-12-6-4-3-5-7-12;1-13-9-5-3-2-4-8(9)6-7-10(11)12/h3-11,19H,1-2H3;2-7H,1H3,(H,11,12). The van der Waals surface area contributed by atoms with Crippen molar-refractivity contribution in [1.82, 2.24) is 0 Å². The molecule has 7 nitrogen and oxygen atoms in total. The van der Waals surface area contributed by atoms with Crippen LogP contribution in [0.15, 0.2) is 78.9 Å². The van der Waals surface area contributed by atoms with Crippen LogP contribution < -0.4 is 14.2 Å². The van der Waals surface area contributed by atoms with Gasteiger partial charge in [-0.2, -0.15) is 0 Å². The summed E-state index contributed by atoms with van der Waals surface area (Å²) in [5.74, 6) is -0.113. The summed E-state index contributed by atoms with van der Waals surface area (Å²) >= 11 is 0. The Labute approximate surface area is 198 Å². The Hall–Kier alpha value is -4.52. The molecule has 0 saturated carbocycles. The average Bonchev–Trinajstić information content (AvgIpc) is 2.86. The molecule has 0 heterocycles. The van der Waals surface area contributed by atoms with Crippen molar-refractivity contribution in [3.8, 4) is 23.0 Å². The first kappa shape index (κ1) is 25.7. The SMILES string of the molecule is COc1cc(O)c(C(=O)C=Cc2ccccc2)c(OC)c1.COc1ccccc1C=CC(=O)O. The predicted octanol–water partition coefficient (Wildman–Crippen LogP) is 5.10. The zero-order valence-corrected chi connectivity index (χ0v) is 19.1. The molecule has 3 aromatic carbocycles. The Kier molecular flexibility index (Phi) is 9.94. The smallest absolute Gasteiger partial charge is 0.328 e. The van der Waals surface area contributed by atoms with Crippen molar-refractivity contribution in [1.29, 1.82) is 0 Å². The summed E-state index contributed by atoms with van der Waals surface area (Å²) in [5, 5.41) is 18.4. The van der Waals surface area contributed by atoms with Gasteiger partial charge in [-0.25, -0.2) is 4.79 Å². The van der Waals surface area contributed by atoms with Crippen molar-refractivity contribution >= 4 is 23.9 Å². The number of aliphatic carboxylic acids is 1. The van der Waals surface area contributed by atoms with E-state index in [-0.39, 0.29) is 22.8 Å². The number of benzene rings is 3. The quantitative estimate of drug-likeness (QED) is 0.355. The van der Waals surface area contributed by atoms with Gasteiger partial charge in [0.1, 0.15) is 28.6 Å².